The van der Waals surface area contributed by atoms with E-state index in [-0.39, 0.29) is 5.91 Å². The van der Waals surface area contributed by atoms with Crippen LogP contribution in [0.5, 0.6) is 0 Å². The standard InChI is InChI=1S/C8H6BrNO2/c9-10-7(11)5-3-1-2-4-6(5)8(10)12/h1-4,7,11H. The monoisotopic (exact) mass is 227 g/mol. The summed E-state index contributed by atoms with van der Waals surface area (Å²) in [5.74, 6) is -0.196. The average Bonchev–Trinajstić information content (AvgIpc) is 2.33. The molecule has 1 unspecified atom stereocenters. The molecule has 3 nitrogen and oxygen atoms in total. The smallest absolute Gasteiger partial charge is 0.266 e. The summed E-state index contributed by atoms with van der Waals surface area (Å²) in [6.07, 6.45) is -0.853. The third-order valence-electron chi connectivity index (χ3n) is 1.88. The number of nitrogens with zero attached hydrogens (tertiary/aromatic N) is 1. The number of aliphatic hydroxyl groups is 1. The SMILES string of the molecule is O=C1c2ccccc2C(O)N1Br. The second kappa shape index (κ2) is 2.57. The van der Waals surface area contributed by atoms with Crippen LogP contribution in [0.15, 0.2) is 24.3 Å². The molecule has 12 heavy (non-hydrogen) atoms. The molecule has 0 aromatic heterocycles. The molecule has 1 aliphatic rings. The third kappa shape index (κ3) is 0.884. The van der Waals surface area contributed by atoms with Gasteiger partial charge in [0.25, 0.3) is 5.91 Å². The van der Waals surface area contributed by atoms with Gasteiger partial charge < -0.3 is 5.11 Å². The number of carbonyl (C=O) groups excluding carboxylic acids is 1. The number of aliphatic hydroxyl groups excluding tert-OH is 1. The molecule has 1 aromatic rings. The largest absolute Gasteiger partial charge is 0.368 e. The Morgan fingerprint density at radius 1 is 1.42 bits per heavy atom. The highest BCUT2D eigenvalue weighted by Gasteiger charge is 2.33. The lowest BCUT2D eigenvalue weighted by molar-refractivity contribution is 0.0602. The fourth-order valence-corrected chi connectivity index (χ4v) is 1.68. The highest BCUT2D eigenvalue weighted by molar-refractivity contribution is 9.07. The van der Waals surface area contributed by atoms with Crippen LogP contribution in [-0.4, -0.2) is 14.9 Å². The van der Waals surface area contributed by atoms with E-state index in [1.165, 1.54) is 0 Å². The number of amides is 1. The number of fused-ring (bicyclic) bond motifs is 1. The highest BCUT2D eigenvalue weighted by atomic mass is 79.9. The second-order valence-corrected chi connectivity index (χ2v) is 3.34. The zero-order valence-electron chi connectivity index (χ0n) is 6.07. The van der Waals surface area contributed by atoms with Gasteiger partial charge in [0.2, 0.25) is 0 Å². The van der Waals surface area contributed by atoms with Gasteiger partial charge in [-0.1, -0.05) is 18.2 Å². The summed E-state index contributed by atoms with van der Waals surface area (Å²) < 4.78 is 1.14. The van der Waals surface area contributed by atoms with Crippen molar-refractivity contribution < 1.29 is 9.90 Å². The normalized spacial score (nSPS) is 21.3. The van der Waals surface area contributed by atoms with E-state index >= 15 is 0 Å². The Kier molecular flexibility index (Phi) is 1.66. The second-order valence-electron chi connectivity index (χ2n) is 2.58. The predicted octanol–water partition coefficient (Wildman–Crippen LogP) is 1.44. The van der Waals surface area contributed by atoms with Crippen LogP contribution in [0.1, 0.15) is 22.1 Å². The summed E-state index contributed by atoms with van der Waals surface area (Å²) in [6.45, 7) is 0. The summed E-state index contributed by atoms with van der Waals surface area (Å²) >= 11 is 2.98. The number of carbonyl (C=O) groups is 1. The fraction of sp³-hybridized carbons (Fsp3) is 0.125. The van der Waals surface area contributed by atoms with Crippen molar-refractivity contribution >= 4 is 22.1 Å². The van der Waals surface area contributed by atoms with Gasteiger partial charge in [-0.2, -0.15) is 0 Å². The topological polar surface area (TPSA) is 40.5 Å². The minimum atomic E-state index is -0.853. The summed E-state index contributed by atoms with van der Waals surface area (Å²) in [7, 11) is 0. The van der Waals surface area contributed by atoms with Gasteiger partial charge in [0.15, 0.2) is 6.23 Å². The van der Waals surface area contributed by atoms with Crippen LogP contribution in [0.25, 0.3) is 0 Å². The van der Waals surface area contributed by atoms with Crippen LogP contribution < -0.4 is 0 Å². The summed E-state index contributed by atoms with van der Waals surface area (Å²) in [6, 6.07) is 7.00. The molecule has 2 rings (SSSR count). The van der Waals surface area contributed by atoms with E-state index in [2.05, 4.69) is 16.1 Å². The molecular weight excluding hydrogens is 222 g/mol. The van der Waals surface area contributed by atoms with Crippen molar-refractivity contribution in [3.8, 4) is 0 Å². The quantitative estimate of drug-likeness (QED) is 0.682. The zero-order chi connectivity index (χ0) is 8.72. The van der Waals surface area contributed by atoms with E-state index < -0.39 is 6.23 Å². The van der Waals surface area contributed by atoms with Gasteiger partial charge in [-0.15, -0.1) is 0 Å². The van der Waals surface area contributed by atoms with Gasteiger partial charge in [-0.3, -0.25) is 4.79 Å². The lowest BCUT2D eigenvalue weighted by Gasteiger charge is -2.10. The Morgan fingerprint density at radius 2 is 2.08 bits per heavy atom. The Hall–Kier alpha value is -0.870. The van der Waals surface area contributed by atoms with Crippen molar-refractivity contribution in [2.75, 3.05) is 0 Å². The zero-order valence-corrected chi connectivity index (χ0v) is 7.65. The molecule has 0 saturated heterocycles. The number of hydrogen-bond acceptors (Lipinski definition) is 2. The maximum absolute atomic E-state index is 11.3. The third-order valence-corrected chi connectivity index (χ3v) is 2.59. The molecule has 0 fully saturated rings. The Labute approximate surface area is 77.9 Å². The lowest BCUT2D eigenvalue weighted by atomic mass is 10.1. The molecule has 0 saturated carbocycles. The van der Waals surface area contributed by atoms with E-state index in [4.69, 9.17) is 0 Å². The highest BCUT2D eigenvalue weighted by Crippen LogP contribution is 2.33. The van der Waals surface area contributed by atoms with Crippen molar-refractivity contribution in [3.63, 3.8) is 0 Å². The van der Waals surface area contributed by atoms with E-state index in [1.54, 1.807) is 24.3 Å². The summed E-state index contributed by atoms with van der Waals surface area (Å²) in [5.41, 5.74) is 1.21. The van der Waals surface area contributed by atoms with Gasteiger partial charge in [0.1, 0.15) is 0 Å². The average molecular weight is 228 g/mol. The first-order valence-electron chi connectivity index (χ1n) is 3.48. The molecule has 1 amide bonds. The van der Waals surface area contributed by atoms with E-state index in [9.17, 15) is 9.90 Å². The van der Waals surface area contributed by atoms with Crippen LogP contribution in [0.3, 0.4) is 0 Å². The van der Waals surface area contributed by atoms with Gasteiger partial charge in [0.05, 0.1) is 16.1 Å². The van der Waals surface area contributed by atoms with Crippen molar-refractivity contribution in [1.82, 2.24) is 3.93 Å². The van der Waals surface area contributed by atoms with Crippen LogP contribution >= 0.6 is 16.1 Å². The molecular formula is C8H6BrNO2. The first-order valence-corrected chi connectivity index (χ1v) is 4.19. The molecule has 1 heterocycles. The van der Waals surface area contributed by atoms with Crippen molar-refractivity contribution in [1.29, 1.82) is 0 Å². The Balaban J connectivity index is 2.59. The first kappa shape index (κ1) is 7.76. The molecule has 0 radical (unpaired) electrons. The molecule has 1 aliphatic heterocycles. The van der Waals surface area contributed by atoms with Crippen LogP contribution in [0.2, 0.25) is 0 Å². The molecule has 1 atom stereocenters. The molecule has 0 spiro atoms. The van der Waals surface area contributed by atoms with Crippen LogP contribution in [0.4, 0.5) is 0 Å². The first-order chi connectivity index (χ1) is 5.72. The Morgan fingerprint density at radius 3 is 2.75 bits per heavy atom. The van der Waals surface area contributed by atoms with Gasteiger partial charge in [-0.05, 0) is 6.07 Å². The maximum Gasteiger partial charge on any atom is 0.266 e. The molecule has 0 bridgehead atoms. The Bertz CT molecular complexity index is 340. The molecule has 1 N–H and O–H groups in total. The van der Waals surface area contributed by atoms with Crippen molar-refractivity contribution in [2.45, 2.75) is 6.23 Å². The van der Waals surface area contributed by atoms with Crippen LogP contribution in [0, 0.1) is 0 Å². The number of hydrogen-bond donors (Lipinski definition) is 1. The van der Waals surface area contributed by atoms with Crippen molar-refractivity contribution in [2.24, 2.45) is 0 Å². The molecule has 0 aliphatic carbocycles. The maximum atomic E-state index is 11.3. The minimum Gasteiger partial charge on any atom is -0.368 e. The molecule has 1 aromatic carbocycles. The lowest BCUT2D eigenvalue weighted by Crippen LogP contribution is -2.15. The van der Waals surface area contributed by atoms with Gasteiger partial charge in [0, 0.05) is 11.1 Å². The van der Waals surface area contributed by atoms with E-state index in [0.717, 1.165) is 3.93 Å². The number of benzene rings is 1. The predicted molar refractivity (Wildman–Crippen MR) is 46.5 cm³/mol. The molecule has 4 heteroatoms. The van der Waals surface area contributed by atoms with Crippen LogP contribution in [-0.2, 0) is 0 Å². The van der Waals surface area contributed by atoms with Gasteiger partial charge in [-0.25, -0.2) is 3.93 Å². The van der Waals surface area contributed by atoms with E-state index in [1.807, 2.05) is 0 Å². The van der Waals surface area contributed by atoms with Gasteiger partial charge >= 0.3 is 0 Å². The molecule has 62 valence electrons. The summed E-state index contributed by atoms with van der Waals surface area (Å²) in [5, 5.41) is 9.48. The number of halogens is 1. The summed E-state index contributed by atoms with van der Waals surface area (Å²) in [4.78, 5) is 11.3. The van der Waals surface area contributed by atoms with E-state index in [0.29, 0.717) is 11.1 Å². The minimum absolute atomic E-state index is 0.196. The van der Waals surface area contributed by atoms with Crippen molar-refractivity contribution in [3.05, 3.63) is 35.4 Å². The fourth-order valence-electron chi connectivity index (χ4n) is 1.27. The number of rotatable bonds is 0.